The number of fused-ring (bicyclic) bond motifs is 1. The van der Waals surface area contributed by atoms with E-state index in [-0.39, 0.29) is 18.6 Å². The summed E-state index contributed by atoms with van der Waals surface area (Å²) in [5.41, 5.74) is 0.714. The monoisotopic (exact) mass is 400 g/mol. The van der Waals surface area contributed by atoms with Crippen LogP contribution in [0.4, 0.5) is 0 Å². The standard InChI is InChI=1S/C14H14Br2N2O2/c1-8(2)18-12(19)7-20-14-11(16)6-10(15)9-4-3-5-17-13(9)14/h3-6,8H,7H2,1-2H3,(H,18,19). The number of nitrogens with one attached hydrogen (secondary N) is 1. The van der Waals surface area contributed by atoms with E-state index in [0.717, 1.165) is 14.3 Å². The maximum Gasteiger partial charge on any atom is 0.258 e. The highest BCUT2D eigenvalue weighted by molar-refractivity contribution is 9.11. The highest BCUT2D eigenvalue weighted by Crippen LogP contribution is 2.37. The van der Waals surface area contributed by atoms with Gasteiger partial charge in [0.2, 0.25) is 0 Å². The number of carbonyl (C=O) groups excluding carboxylic acids is 1. The molecular formula is C14H14Br2N2O2. The Balaban J connectivity index is 2.28. The van der Waals surface area contributed by atoms with Crippen LogP contribution in [0, 0.1) is 0 Å². The summed E-state index contributed by atoms with van der Waals surface area (Å²) in [5, 5.41) is 3.72. The van der Waals surface area contributed by atoms with Crippen molar-refractivity contribution >= 4 is 48.7 Å². The third kappa shape index (κ3) is 3.49. The number of amides is 1. The molecule has 0 saturated carbocycles. The van der Waals surface area contributed by atoms with Crippen molar-refractivity contribution in [3.8, 4) is 5.75 Å². The summed E-state index contributed by atoms with van der Waals surface area (Å²) >= 11 is 6.93. The molecule has 0 saturated heterocycles. The zero-order valence-electron chi connectivity index (χ0n) is 11.1. The molecule has 0 unspecified atom stereocenters. The van der Waals surface area contributed by atoms with Gasteiger partial charge < -0.3 is 10.1 Å². The van der Waals surface area contributed by atoms with E-state index in [2.05, 4.69) is 42.2 Å². The van der Waals surface area contributed by atoms with Crippen LogP contribution in [-0.4, -0.2) is 23.5 Å². The topological polar surface area (TPSA) is 51.2 Å². The lowest BCUT2D eigenvalue weighted by molar-refractivity contribution is -0.123. The van der Waals surface area contributed by atoms with Crippen molar-refractivity contribution in [3.63, 3.8) is 0 Å². The summed E-state index contributed by atoms with van der Waals surface area (Å²) in [4.78, 5) is 16.0. The summed E-state index contributed by atoms with van der Waals surface area (Å²) in [5.74, 6) is 0.418. The van der Waals surface area contributed by atoms with Gasteiger partial charge in [0, 0.05) is 22.1 Å². The lowest BCUT2D eigenvalue weighted by Gasteiger charge is -2.13. The van der Waals surface area contributed by atoms with Crippen LogP contribution >= 0.6 is 31.9 Å². The molecule has 2 rings (SSSR count). The van der Waals surface area contributed by atoms with Crippen LogP contribution in [0.2, 0.25) is 0 Å². The maximum atomic E-state index is 11.7. The number of hydrogen-bond acceptors (Lipinski definition) is 3. The van der Waals surface area contributed by atoms with E-state index in [4.69, 9.17) is 4.74 Å². The van der Waals surface area contributed by atoms with Gasteiger partial charge in [-0.25, -0.2) is 0 Å². The Labute approximate surface area is 134 Å². The summed E-state index contributed by atoms with van der Waals surface area (Å²) in [7, 11) is 0. The first-order chi connectivity index (χ1) is 9.49. The molecule has 1 aromatic carbocycles. The molecule has 0 aliphatic rings. The molecule has 0 aliphatic heterocycles. The number of hydrogen-bond donors (Lipinski definition) is 1. The van der Waals surface area contributed by atoms with Gasteiger partial charge in [0.25, 0.3) is 5.91 Å². The molecular weight excluding hydrogens is 388 g/mol. The number of nitrogens with zero attached hydrogens (tertiary/aromatic N) is 1. The summed E-state index contributed by atoms with van der Waals surface area (Å²) < 4.78 is 7.31. The number of pyridine rings is 1. The minimum absolute atomic E-state index is 0.0376. The molecule has 0 spiro atoms. The first kappa shape index (κ1) is 15.3. The number of carbonyl (C=O) groups is 1. The maximum absolute atomic E-state index is 11.7. The largest absolute Gasteiger partial charge is 0.480 e. The Bertz CT molecular complexity index is 644. The second kappa shape index (κ2) is 6.54. The molecule has 0 bridgehead atoms. The summed E-state index contributed by atoms with van der Waals surface area (Å²) in [6.07, 6.45) is 1.70. The Kier molecular flexibility index (Phi) is 4.99. The minimum atomic E-state index is -0.154. The van der Waals surface area contributed by atoms with E-state index in [9.17, 15) is 4.79 Å². The van der Waals surface area contributed by atoms with Crippen LogP contribution in [0.15, 0.2) is 33.3 Å². The molecule has 106 valence electrons. The molecule has 6 heteroatoms. The number of ether oxygens (including phenoxy) is 1. The van der Waals surface area contributed by atoms with Gasteiger partial charge in [-0.1, -0.05) is 22.0 Å². The van der Waals surface area contributed by atoms with E-state index in [0.29, 0.717) is 11.3 Å². The van der Waals surface area contributed by atoms with Gasteiger partial charge in [-0.3, -0.25) is 9.78 Å². The van der Waals surface area contributed by atoms with Gasteiger partial charge in [0.1, 0.15) is 5.52 Å². The fourth-order valence-corrected chi connectivity index (χ4v) is 3.17. The van der Waals surface area contributed by atoms with Gasteiger partial charge in [0.05, 0.1) is 4.47 Å². The predicted octanol–water partition coefficient (Wildman–Crippen LogP) is 3.66. The fraction of sp³-hybridized carbons (Fsp3) is 0.286. The average Bonchev–Trinajstić information content (AvgIpc) is 2.37. The molecule has 1 aromatic heterocycles. The Hall–Kier alpha value is -1.14. The zero-order valence-corrected chi connectivity index (χ0v) is 14.3. The third-order valence-corrected chi connectivity index (χ3v) is 3.79. The number of aromatic nitrogens is 1. The van der Waals surface area contributed by atoms with E-state index >= 15 is 0 Å². The molecule has 1 amide bonds. The van der Waals surface area contributed by atoms with Gasteiger partial charge in [-0.2, -0.15) is 0 Å². The minimum Gasteiger partial charge on any atom is -0.480 e. The molecule has 0 aliphatic carbocycles. The highest BCUT2D eigenvalue weighted by atomic mass is 79.9. The van der Waals surface area contributed by atoms with Crippen molar-refractivity contribution in [2.24, 2.45) is 0 Å². The quantitative estimate of drug-likeness (QED) is 0.850. The van der Waals surface area contributed by atoms with Gasteiger partial charge >= 0.3 is 0 Å². The molecule has 0 atom stereocenters. The third-order valence-electron chi connectivity index (χ3n) is 2.55. The van der Waals surface area contributed by atoms with Crippen molar-refractivity contribution in [1.29, 1.82) is 0 Å². The van der Waals surface area contributed by atoms with Gasteiger partial charge in [-0.05, 0) is 41.9 Å². The van der Waals surface area contributed by atoms with Crippen molar-refractivity contribution < 1.29 is 9.53 Å². The number of benzene rings is 1. The van der Waals surface area contributed by atoms with Crippen LogP contribution in [0.25, 0.3) is 10.9 Å². The Morgan fingerprint density at radius 3 is 2.85 bits per heavy atom. The molecule has 1 heterocycles. The Morgan fingerprint density at radius 2 is 2.15 bits per heavy atom. The molecule has 20 heavy (non-hydrogen) atoms. The van der Waals surface area contributed by atoms with Crippen molar-refractivity contribution in [2.45, 2.75) is 19.9 Å². The Morgan fingerprint density at radius 1 is 1.40 bits per heavy atom. The van der Waals surface area contributed by atoms with Crippen LogP contribution in [-0.2, 0) is 4.79 Å². The fourth-order valence-electron chi connectivity index (χ4n) is 1.79. The lowest BCUT2D eigenvalue weighted by atomic mass is 10.2. The normalized spacial score (nSPS) is 10.8. The van der Waals surface area contributed by atoms with Crippen molar-refractivity contribution in [1.82, 2.24) is 10.3 Å². The first-order valence-electron chi connectivity index (χ1n) is 6.14. The highest BCUT2D eigenvalue weighted by Gasteiger charge is 2.13. The van der Waals surface area contributed by atoms with E-state index in [1.807, 2.05) is 32.0 Å². The molecule has 2 aromatic rings. The molecule has 0 fully saturated rings. The van der Waals surface area contributed by atoms with E-state index in [1.165, 1.54) is 0 Å². The number of rotatable bonds is 4. The second-order valence-electron chi connectivity index (χ2n) is 4.58. The lowest BCUT2D eigenvalue weighted by Crippen LogP contribution is -2.34. The van der Waals surface area contributed by atoms with Crippen molar-refractivity contribution in [3.05, 3.63) is 33.3 Å². The SMILES string of the molecule is CC(C)NC(=O)COc1c(Br)cc(Br)c2cccnc12. The average molecular weight is 402 g/mol. The zero-order chi connectivity index (χ0) is 14.7. The van der Waals surface area contributed by atoms with E-state index in [1.54, 1.807) is 6.20 Å². The molecule has 4 nitrogen and oxygen atoms in total. The smallest absolute Gasteiger partial charge is 0.258 e. The molecule has 1 N–H and O–H groups in total. The second-order valence-corrected chi connectivity index (χ2v) is 6.29. The first-order valence-corrected chi connectivity index (χ1v) is 7.72. The summed E-state index contributed by atoms with van der Waals surface area (Å²) in [6, 6.07) is 5.78. The summed E-state index contributed by atoms with van der Waals surface area (Å²) in [6.45, 7) is 3.78. The van der Waals surface area contributed by atoms with Gasteiger partial charge in [0.15, 0.2) is 12.4 Å². The predicted molar refractivity (Wildman–Crippen MR) is 85.9 cm³/mol. The van der Waals surface area contributed by atoms with Crippen LogP contribution in [0.5, 0.6) is 5.75 Å². The van der Waals surface area contributed by atoms with Crippen LogP contribution in [0.3, 0.4) is 0 Å². The van der Waals surface area contributed by atoms with Crippen LogP contribution in [0.1, 0.15) is 13.8 Å². The number of halogens is 2. The van der Waals surface area contributed by atoms with E-state index < -0.39 is 0 Å². The van der Waals surface area contributed by atoms with Crippen molar-refractivity contribution in [2.75, 3.05) is 6.61 Å². The van der Waals surface area contributed by atoms with Gasteiger partial charge in [-0.15, -0.1) is 0 Å². The van der Waals surface area contributed by atoms with Crippen LogP contribution < -0.4 is 10.1 Å². The molecule has 0 radical (unpaired) electrons.